The zero-order valence-corrected chi connectivity index (χ0v) is 10.7. The molecule has 1 aromatic carbocycles. The number of hydrogen-bond acceptors (Lipinski definition) is 4. The van der Waals surface area contributed by atoms with E-state index in [1.165, 1.54) is 17.4 Å². The van der Waals surface area contributed by atoms with Crippen LogP contribution in [0.25, 0.3) is 10.6 Å². The Morgan fingerprint density at radius 3 is 2.89 bits per heavy atom. The largest absolute Gasteiger partial charge is 0.316 e. The summed E-state index contributed by atoms with van der Waals surface area (Å²) in [5, 5.41) is 11.3. The quantitative estimate of drug-likeness (QED) is 0.923. The molecule has 92 valence electrons. The summed E-state index contributed by atoms with van der Waals surface area (Å²) in [5.74, 6) is -0.342. The van der Waals surface area contributed by atoms with Crippen molar-refractivity contribution < 1.29 is 4.39 Å². The predicted octanol–water partition coefficient (Wildman–Crippen LogP) is 2.65. The number of aromatic nitrogens is 1. The molecule has 0 aliphatic heterocycles. The number of thiazole rings is 1. The minimum absolute atomic E-state index is 0.222. The van der Waals surface area contributed by atoms with Crippen LogP contribution >= 0.6 is 11.3 Å². The predicted molar refractivity (Wildman–Crippen MR) is 69.5 cm³/mol. The Hall–Kier alpha value is -1.77. The molecule has 5 heteroatoms. The SMILES string of the molecule is Cc1csc(-c2ccc(CC(N)C#N)c(F)c2)n1. The number of rotatable bonds is 3. The molecule has 0 amide bonds. The number of nitrogens with two attached hydrogens (primary N) is 1. The fourth-order valence-corrected chi connectivity index (χ4v) is 2.41. The average molecular weight is 261 g/mol. The molecular weight excluding hydrogens is 249 g/mol. The van der Waals surface area contributed by atoms with Crippen LogP contribution in [0.3, 0.4) is 0 Å². The third kappa shape index (κ3) is 2.73. The van der Waals surface area contributed by atoms with E-state index in [4.69, 9.17) is 11.0 Å². The van der Waals surface area contributed by atoms with Gasteiger partial charge in [-0.15, -0.1) is 11.3 Å². The molecule has 2 aromatic rings. The van der Waals surface area contributed by atoms with Gasteiger partial charge in [0.25, 0.3) is 0 Å². The summed E-state index contributed by atoms with van der Waals surface area (Å²) in [5.41, 5.74) is 7.62. The van der Waals surface area contributed by atoms with E-state index in [-0.39, 0.29) is 12.2 Å². The molecule has 3 nitrogen and oxygen atoms in total. The number of aryl methyl sites for hydroxylation is 1. The second-order valence-electron chi connectivity index (χ2n) is 4.04. The summed E-state index contributed by atoms with van der Waals surface area (Å²) in [6.07, 6.45) is 0.222. The smallest absolute Gasteiger partial charge is 0.127 e. The molecular formula is C13H12FN3S. The molecule has 2 rings (SSSR count). The van der Waals surface area contributed by atoms with E-state index in [9.17, 15) is 4.39 Å². The number of nitriles is 1. The Morgan fingerprint density at radius 2 is 2.33 bits per heavy atom. The summed E-state index contributed by atoms with van der Waals surface area (Å²) in [6, 6.07) is 6.13. The molecule has 0 saturated carbocycles. The van der Waals surface area contributed by atoms with Crippen molar-refractivity contribution >= 4 is 11.3 Å². The number of hydrogen-bond donors (Lipinski definition) is 1. The van der Waals surface area contributed by atoms with Crippen molar-refractivity contribution in [1.29, 1.82) is 5.26 Å². The van der Waals surface area contributed by atoms with Crippen LogP contribution in [0.2, 0.25) is 0 Å². The van der Waals surface area contributed by atoms with E-state index >= 15 is 0 Å². The summed E-state index contributed by atoms with van der Waals surface area (Å²) in [4.78, 5) is 4.30. The van der Waals surface area contributed by atoms with Crippen molar-refractivity contribution in [3.05, 3.63) is 40.7 Å². The fraction of sp³-hybridized carbons (Fsp3) is 0.231. The van der Waals surface area contributed by atoms with Gasteiger partial charge in [0.1, 0.15) is 10.8 Å². The van der Waals surface area contributed by atoms with Gasteiger partial charge in [0.15, 0.2) is 0 Å². The van der Waals surface area contributed by atoms with Gasteiger partial charge in [0.05, 0.1) is 12.1 Å². The first-order valence-electron chi connectivity index (χ1n) is 5.46. The lowest BCUT2D eigenvalue weighted by Gasteiger charge is -2.06. The molecule has 1 heterocycles. The third-order valence-electron chi connectivity index (χ3n) is 2.52. The third-order valence-corrected chi connectivity index (χ3v) is 3.53. The lowest BCUT2D eigenvalue weighted by atomic mass is 10.0. The second-order valence-corrected chi connectivity index (χ2v) is 4.90. The molecule has 0 radical (unpaired) electrons. The molecule has 0 fully saturated rings. The van der Waals surface area contributed by atoms with Gasteiger partial charge in [-0.05, 0) is 18.6 Å². The maximum Gasteiger partial charge on any atom is 0.127 e. The minimum atomic E-state index is -0.674. The zero-order chi connectivity index (χ0) is 13.1. The highest BCUT2D eigenvalue weighted by atomic mass is 32.1. The molecule has 1 aromatic heterocycles. The fourth-order valence-electron chi connectivity index (χ4n) is 1.62. The van der Waals surface area contributed by atoms with Crippen LogP contribution in [0, 0.1) is 24.1 Å². The molecule has 0 bridgehead atoms. The van der Waals surface area contributed by atoms with Gasteiger partial charge in [-0.2, -0.15) is 5.26 Å². The highest BCUT2D eigenvalue weighted by Gasteiger charge is 2.10. The Balaban J connectivity index is 2.28. The lowest BCUT2D eigenvalue weighted by Crippen LogP contribution is -2.20. The molecule has 0 aliphatic rings. The van der Waals surface area contributed by atoms with Crippen molar-refractivity contribution in [3.8, 4) is 16.6 Å². The van der Waals surface area contributed by atoms with E-state index < -0.39 is 6.04 Å². The van der Waals surface area contributed by atoms with Gasteiger partial charge in [0, 0.05) is 23.1 Å². The van der Waals surface area contributed by atoms with Gasteiger partial charge < -0.3 is 5.73 Å². The first-order valence-corrected chi connectivity index (χ1v) is 6.34. The lowest BCUT2D eigenvalue weighted by molar-refractivity contribution is 0.604. The van der Waals surface area contributed by atoms with Gasteiger partial charge in [-0.1, -0.05) is 12.1 Å². The zero-order valence-electron chi connectivity index (χ0n) is 9.85. The molecule has 18 heavy (non-hydrogen) atoms. The Labute approximate surface area is 109 Å². The molecule has 0 spiro atoms. The maximum absolute atomic E-state index is 13.9. The van der Waals surface area contributed by atoms with Crippen molar-refractivity contribution in [1.82, 2.24) is 4.98 Å². The van der Waals surface area contributed by atoms with Crippen molar-refractivity contribution in [2.75, 3.05) is 0 Å². The van der Waals surface area contributed by atoms with Crippen molar-refractivity contribution in [2.45, 2.75) is 19.4 Å². The number of nitrogens with zero attached hydrogens (tertiary/aromatic N) is 2. The van der Waals surface area contributed by atoms with Crippen LogP contribution in [0.1, 0.15) is 11.3 Å². The molecule has 1 atom stereocenters. The second kappa shape index (κ2) is 5.25. The van der Waals surface area contributed by atoms with Crippen molar-refractivity contribution in [3.63, 3.8) is 0 Å². The van der Waals surface area contributed by atoms with E-state index in [0.29, 0.717) is 5.56 Å². The Kier molecular flexibility index (Phi) is 3.70. The van der Waals surface area contributed by atoms with Gasteiger partial charge in [-0.25, -0.2) is 9.37 Å². The molecule has 0 aliphatic carbocycles. The summed E-state index contributed by atoms with van der Waals surface area (Å²) < 4.78 is 13.9. The Morgan fingerprint density at radius 1 is 1.56 bits per heavy atom. The monoisotopic (exact) mass is 261 g/mol. The minimum Gasteiger partial charge on any atom is -0.316 e. The normalized spacial score (nSPS) is 12.1. The summed E-state index contributed by atoms with van der Waals surface area (Å²) in [7, 11) is 0. The van der Waals surface area contributed by atoms with Gasteiger partial charge in [0.2, 0.25) is 0 Å². The van der Waals surface area contributed by atoms with Gasteiger partial charge in [-0.3, -0.25) is 0 Å². The summed E-state index contributed by atoms with van der Waals surface area (Å²) >= 11 is 1.48. The Bertz CT molecular complexity index is 601. The van der Waals surface area contributed by atoms with Crippen LogP contribution < -0.4 is 5.73 Å². The average Bonchev–Trinajstić information content (AvgIpc) is 2.78. The van der Waals surface area contributed by atoms with Crippen LogP contribution in [0.15, 0.2) is 23.6 Å². The molecule has 1 unspecified atom stereocenters. The van der Waals surface area contributed by atoms with E-state index in [0.717, 1.165) is 16.3 Å². The summed E-state index contributed by atoms with van der Waals surface area (Å²) in [6.45, 7) is 1.90. The van der Waals surface area contributed by atoms with Crippen LogP contribution in [0.4, 0.5) is 4.39 Å². The van der Waals surface area contributed by atoms with E-state index in [1.54, 1.807) is 12.1 Å². The highest BCUT2D eigenvalue weighted by molar-refractivity contribution is 7.13. The van der Waals surface area contributed by atoms with Crippen molar-refractivity contribution in [2.24, 2.45) is 5.73 Å². The van der Waals surface area contributed by atoms with E-state index in [1.807, 2.05) is 18.4 Å². The molecule has 2 N–H and O–H groups in total. The first-order chi connectivity index (χ1) is 8.60. The first kappa shape index (κ1) is 12.7. The number of halogens is 1. The van der Waals surface area contributed by atoms with Crippen LogP contribution in [0.5, 0.6) is 0 Å². The highest BCUT2D eigenvalue weighted by Crippen LogP contribution is 2.25. The van der Waals surface area contributed by atoms with Crippen LogP contribution in [-0.2, 0) is 6.42 Å². The number of benzene rings is 1. The molecule has 0 saturated heterocycles. The van der Waals surface area contributed by atoms with Gasteiger partial charge >= 0.3 is 0 Å². The topological polar surface area (TPSA) is 62.7 Å². The maximum atomic E-state index is 13.9. The van der Waals surface area contributed by atoms with Crippen LogP contribution in [-0.4, -0.2) is 11.0 Å². The standard InChI is InChI=1S/C13H12FN3S/c1-8-7-18-13(17-8)10-3-2-9(12(14)5-10)4-11(16)6-15/h2-3,5,7,11H,4,16H2,1H3. The van der Waals surface area contributed by atoms with E-state index in [2.05, 4.69) is 4.98 Å².